The van der Waals surface area contributed by atoms with Crippen molar-refractivity contribution in [2.45, 2.75) is 31.5 Å². The zero-order valence-corrected chi connectivity index (χ0v) is 19.0. The van der Waals surface area contributed by atoms with E-state index in [-0.39, 0.29) is 6.54 Å². The van der Waals surface area contributed by atoms with Crippen molar-refractivity contribution >= 4 is 34.5 Å². The number of aryl methyl sites for hydroxylation is 1. The second-order valence-corrected chi connectivity index (χ2v) is 9.23. The highest BCUT2D eigenvalue weighted by atomic mass is 16.4. The van der Waals surface area contributed by atoms with E-state index >= 15 is 0 Å². The van der Waals surface area contributed by atoms with E-state index in [4.69, 9.17) is 0 Å². The molecule has 0 aliphatic carbocycles. The molecule has 2 saturated heterocycles. The van der Waals surface area contributed by atoms with Crippen LogP contribution in [0.4, 0.5) is 0 Å². The topological polar surface area (TPSA) is 124 Å². The zero-order valence-electron chi connectivity index (χ0n) is 19.0. The van der Waals surface area contributed by atoms with Crippen molar-refractivity contribution in [2.24, 2.45) is 11.8 Å². The Kier molecular flexibility index (Phi) is 5.40. The van der Waals surface area contributed by atoms with Crippen LogP contribution in [0.5, 0.6) is 0 Å². The fourth-order valence-electron chi connectivity index (χ4n) is 5.70. The van der Waals surface area contributed by atoms with Crippen molar-refractivity contribution in [2.75, 3.05) is 0 Å². The molecular weight excluding hydrogens is 448 g/mol. The van der Waals surface area contributed by atoms with Gasteiger partial charge < -0.3 is 10.2 Å². The summed E-state index contributed by atoms with van der Waals surface area (Å²) in [5, 5.41) is 24.5. The summed E-state index contributed by atoms with van der Waals surface area (Å²) >= 11 is 0. The van der Waals surface area contributed by atoms with Gasteiger partial charge in [-0.05, 0) is 34.4 Å². The predicted molar refractivity (Wildman–Crippen MR) is 126 cm³/mol. The van der Waals surface area contributed by atoms with Gasteiger partial charge in [-0.1, -0.05) is 66.7 Å². The molecule has 0 aromatic heterocycles. The van der Waals surface area contributed by atoms with E-state index in [0.717, 1.165) is 26.8 Å². The normalized spacial score (nSPS) is 25.7. The summed E-state index contributed by atoms with van der Waals surface area (Å²) in [6.45, 7) is 1.81. The smallest absolute Gasteiger partial charge is 0.325 e. The second kappa shape index (κ2) is 8.32. The summed E-state index contributed by atoms with van der Waals surface area (Å²) in [5.74, 6) is -6.37. The van der Waals surface area contributed by atoms with Crippen LogP contribution in [0.25, 0.3) is 10.8 Å². The van der Waals surface area contributed by atoms with Crippen molar-refractivity contribution in [3.05, 3.63) is 83.4 Å². The zero-order chi connectivity index (χ0) is 24.9. The van der Waals surface area contributed by atoms with Crippen LogP contribution in [-0.4, -0.2) is 44.4 Å². The molecule has 8 heteroatoms. The molecule has 0 spiro atoms. The van der Waals surface area contributed by atoms with Crippen molar-refractivity contribution in [1.82, 2.24) is 10.2 Å². The van der Waals surface area contributed by atoms with Crippen LogP contribution in [-0.2, 0) is 25.7 Å². The molecule has 0 saturated carbocycles. The largest absolute Gasteiger partial charge is 0.481 e. The molecule has 3 aromatic carbocycles. The van der Waals surface area contributed by atoms with Gasteiger partial charge in [-0.15, -0.1) is 0 Å². The van der Waals surface area contributed by atoms with E-state index in [2.05, 4.69) is 5.32 Å². The highest BCUT2D eigenvalue weighted by Gasteiger charge is 2.69. The minimum atomic E-state index is -2.11. The van der Waals surface area contributed by atoms with E-state index in [1.807, 2.05) is 61.5 Å². The minimum Gasteiger partial charge on any atom is -0.481 e. The lowest BCUT2D eigenvalue weighted by molar-refractivity contribution is -0.156. The number of carboxylic acid groups (broad SMARTS) is 2. The number of benzene rings is 3. The average molecular weight is 472 g/mol. The van der Waals surface area contributed by atoms with Crippen LogP contribution in [0, 0.1) is 18.8 Å². The van der Waals surface area contributed by atoms with Gasteiger partial charge in [-0.2, -0.15) is 0 Å². The van der Waals surface area contributed by atoms with Gasteiger partial charge in [-0.3, -0.25) is 29.4 Å². The lowest BCUT2D eigenvalue weighted by Gasteiger charge is -2.30. The van der Waals surface area contributed by atoms with Crippen molar-refractivity contribution in [3.8, 4) is 0 Å². The Hall–Kier alpha value is -4.04. The molecule has 2 fully saturated rings. The molecule has 3 N–H and O–H groups in total. The molecule has 0 bridgehead atoms. The third-order valence-corrected chi connectivity index (χ3v) is 7.29. The van der Waals surface area contributed by atoms with Crippen LogP contribution in [0.1, 0.15) is 29.2 Å². The van der Waals surface area contributed by atoms with Gasteiger partial charge in [0.25, 0.3) is 0 Å². The Morgan fingerprint density at radius 3 is 2.34 bits per heavy atom. The first-order valence-electron chi connectivity index (χ1n) is 11.3. The Balaban J connectivity index is 1.62. The van der Waals surface area contributed by atoms with Gasteiger partial charge in [0.15, 0.2) is 0 Å². The number of fused-ring (bicyclic) bond motifs is 2. The Morgan fingerprint density at radius 1 is 0.943 bits per heavy atom. The third-order valence-electron chi connectivity index (χ3n) is 7.29. The van der Waals surface area contributed by atoms with Gasteiger partial charge in [0, 0.05) is 6.04 Å². The van der Waals surface area contributed by atoms with Crippen LogP contribution in [0.3, 0.4) is 0 Å². The second-order valence-electron chi connectivity index (χ2n) is 9.23. The third kappa shape index (κ3) is 3.49. The van der Waals surface area contributed by atoms with Crippen LogP contribution < -0.4 is 5.32 Å². The van der Waals surface area contributed by atoms with Crippen LogP contribution in [0.2, 0.25) is 0 Å². The van der Waals surface area contributed by atoms with Crippen molar-refractivity contribution < 1.29 is 29.4 Å². The molecule has 0 radical (unpaired) electrons. The van der Waals surface area contributed by atoms with Crippen molar-refractivity contribution in [3.63, 3.8) is 0 Å². The molecular formula is C27H24N2O6. The molecule has 2 aliphatic rings. The number of nitrogens with zero attached hydrogens (tertiary/aromatic N) is 1. The highest BCUT2D eigenvalue weighted by Crippen LogP contribution is 2.51. The molecule has 2 amide bonds. The standard InChI is InChI=1S/C27H24N2O6/c1-15-7-2-4-11-18(15)23-21-22(27(28-23,26(34)35)13-20(30)31)25(33)29(24(21)32)14-17-10-6-9-16-8-3-5-12-19(16)17/h2-12,21-23,28H,13-14H2,1H3,(H,30,31)(H,34,35). The van der Waals surface area contributed by atoms with Gasteiger partial charge in [0.2, 0.25) is 11.8 Å². The number of aliphatic carboxylic acids is 2. The Morgan fingerprint density at radius 2 is 1.63 bits per heavy atom. The maximum atomic E-state index is 13.8. The fourth-order valence-corrected chi connectivity index (χ4v) is 5.70. The van der Waals surface area contributed by atoms with Crippen LogP contribution >= 0.6 is 0 Å². The van der Waals surface area contributed by atoms with Gasteiger partial charge >= 0.3 is 11.9 Å². The van der Waals surface area contributed by atoms with Crippen molar-refractivity contribution in [1.29, 1.82) is 0 Å². The number of likely N-dealkylation sites (tertiary alicyclic amines) is 1. The number of hydrogen-bond acceptors (Lipinski definition) is 5. The first-order valence-corrected chi connectivity index (χ1v) is 11.3. The number of carbonyl (C=O) groups excluding carboxylic acids is 2. The summed E-state index contributed by atoms with van der Waals surface area (Å²) in [4.78, 5) is 52.9. The summed E-state index contributed by atoms with van der Waals surface area (Å²) < 4.78 is 0. The number of hydrogen-bond donors (Lipinski definition) is 3. The number of nitrogens with one attached hydrogen (secondary N) is 1. The molecule has 178 valence electrons. The molecule has 2 aliphatic heterocycles. The number of carbonyl (C=O) groups is 4. The van der Waals surface area contributed by atoms with E-state index in [1.54, 1.807) is 12.1 Å². The highest BCUT2D eigenvalue weighted by molar-refractivity contribution is 6.10. The van der Waals surface area contributed by atoms with Gasteiger partial charge in [0.1, 0.15) is 5.54 Å². The maximum Gasteiger partial charge on any atom is 0.325 e. The molecule has 35 heavy (non-hydrogen) atoms. The summed E-state index contributed by atoms with van der Waals surface area (Å²) in [6.07, 6.45) is -0.826. The van der Waals surface area contributed by atoms with E-state index in [0.29, 0.717) is 5.56 Å². The van der Waals surface area contributed by atoms with E-state index < -0.39 is 53.6 Å². The summed E-state index contributed by atoms with van der Waals surface area (Å²) in [6, 6.07) is 19.6. The number of amides is 2. The number of imide groups is 1. The fraction of sp³-hybridized carbons (Fsp3) is 0.259. The maximum absolute atomic E-state index is 13.8. The number of carboxylic acids is 2. The molecule has 5 rings (SSSR count). The first-order chi connectivity index (χ1) is 16.7. The predicted octanol–water partition coefficient (Wildman–Crippen LogP) is 2.89. The Bertz CT molecular complexity index is 1380. The molecule has 4 unspecified atom stereocenters. The average Bonchev–Trinajstić information content (AvgIpc) is 3.29. The minimum absolute atomic E-state index is 0.0186. The molecule has 2 heterocycles. The van der Waals surface area contributed by atoms with E-state index in [1.165, 1.54) is 0 Å². The SMILES string of the molecule is Cc1ccccc1C1NC(CC(=O)O)(C(=O)O)C2C(=O)N(Cc3cccc4ccccc34)C(=O)C12. The Labute approximate surface area is 201 Å². The molecule has 3 aromatic rings. The van der Waals surface area contributed by atoms with Crippen LogP contribution in [0.15, 0.2) is 66.7 Å². The molecule has 4 atom stereocenters. The quantitative estimate of drug-likeness (QED) is 0.471. The lowest BCUT2D eigenvalue weighted by Crippen LogP contribution is -2.56. The summed E-state index contributed by atoms with van der Waals surface area (Å²) in [5.41, 5.74) is 0.130. The first kappa shape index (κ1) is 22.7. The van der Waals surface area contributed by atoms with E-state index in [9.17, 15) is 29.4 Å². The monoisotopic (exact) mass is 472 g/mol. The number of rotatable bonds is 6. The molecule has 8 nitrogen and oxygen atoms in total. The van der Waals surface area contributed by atoms with Gasteiger partial charge in [0.05, 0.1) is 24.8 Å². The summed E-state index contributed by atoms with van der Waals surface area (Å²) in [7, 11) is 0. The lowest BCUT2D eigenvalue weighted by atomic mass is 9.77. The van der Waals surface area contributed by atoms with Gasteiger partial charge in [-0.25, -0.2) is 0 Å².